The summed E-state index contributed by atoms with van der Waals surface area (Å²) in [6.07, 6.45) is 1.56. The van der Waals surface area contributed by atoms with Gasteiger partial charge in [0, 0.05) is 6.07 Å². The Morgan fingerprint density at radius 3 is 2.20 bits per heavy atom. The molecule has 5 nitrogen and oxygen atoms in total. The minimum absolute atomic E-state index is 0.167. The van der Waals surface area contributed by atoms with E-state index in [-0.39, 0.29) is 23.3 Å². The Bertz CT molecular complexity index is 886. The highest BCUT2D eigenvalue weighted by molar-refractivity contribution is 6.55. The fourth-order valence-corrected chi connectivity index (χ4v) is 2.38. The fraction of sp³-hybridized carbons (Fsp3) is 0.318. The van der Waals surface area contributed by atoms with Crippen molar-refractivity contribution in [3.05, 3.63) is 58.1 Å². The third-order valence-electron chi connectivity index (χ3n) is 3.36. The largest absolute Gasteiger partial charge is 0.489 e. The molecule has 0 radical (unpaired) electrons. The van der Waals surface area contributed by atoms with E-state index in [9.17, 15) is 0 Å². The summed E-state index contributed by atoms with van der Waals surface area (Å²) in [6.45, 7) is 8.15. The van der Waals surface area contributed by atoms with Gasteiger partial charge in [-0.1, -0.05) is 40.0 Å². The summed E-state index contributed by atoms with van der Waals surface area (Å²) in [7, 11) is 0. The molecular weight excluding hydrogens is 449 g/mol. The zero-order valence-corrected chi connectivity index (χ0v) is 19.5. The van der Waals surface area contributed by atoms with Crippen LogP contribution in [0.25, 0.3) is 0 Å². The predicted molar refractivity (Wildman–Crippen MR) is 123 cm³/mol. The number of rotatable bonds is 9. The summed E-state index contributed by atoms with van der Waals surface area (Å²) in [5.74, 6) is 2.42. The first-order valence-electron chi connectivity index (χ1n) is 9.18. The summed E-state index contributed by atoms with van der Waals surface area (Å²) in [5, 5.41) is 4.48. The molecule has 0 saturated carbocycles. The Morgan fingerprint density at radius 2 is 1.60 bits per heavy atom. The zero-order valence-electron chi connectivity index (χ0n) is 17.2. The number of hydrogen-bond donors (Lipinski definition) is 0. The van der Waals surface area contributed by atoms with Crippen molar-refractivity contribution >= 4 is 40.5 Å². The summed E-state index contributed by atoms with van der Waals surface area (Å²) < 4.78 is 17.2. The highest BCUT2D eigenvalue weighted by Crippen LogP contribution is 2.32. The van der Waals surface area contributed by atoms with Crippen LogP contribution < -0.4 is 14.2 Å². The third kappa shape index (κ3) is 9.16. The number of oxime groups is 1. The Morgan fingerprint density at radius 1 is 0.967 bits per heavy atom. The number of ether oxygens (including phenoxy) is 3. The first-order valence-corrected chi connectivity index (χ1v) is 10.3. The molecule has 0 heterocycles. The Hall–Kier alpha value is -2.08. The van der Waals surface area contributed by atoms with E-state index in [1.807, 2.05) is 27.7 Å². The van der Waals surface area contributed by atoms with E-state index in [1.54, 1.807) is 48.5 Å². The minimum Gasteiger partial charge on any atom is -0.489 e. The Kier molecular flexibility index (Phi) is 9.15. The van der Waals surface area contributed by atoms with Crippen molar-refractivity contribution in [2.75, 3.05) is 13.2 Å². The predicted octanol–water partition coefficient (Wildman–Crippen LogP) is 7.40. The Balaban J connectivity index is 1.91. The highest BCUT2D eigenvalue weighted by Gasteiger charge is 2.11. The Labute approximate surface area is 192 Å². The van der Waals surface area contributed by atoms with Crippen molar-refractivity contribution in [1.29, 1.82) is 0 Å². The topological polar surface area (TPSA) is 49.3 Å². The normalized spacial score (nSPS) is 11.6. The molecule has 2 rings (SSSR count). The lowest BCUT2D eigenvalue weighted by Crippen LogP contribution is -2.18. The molecule has 0 aliphatic carbocycles. The van der Waals surface area contributed by atoms with Crippen molar-refractivity contribution in [3.8, 4) is 23.0 Å². The van der Waals surface area contributed by atoms with E-state index in [0.29, 0.717) is 33.7 Å². The molecular formula is C22H24Cl3NO4. The van der Waals surface area contributed by atoms with Crippen molar-refractivity contribution in [1.82, 2.24) is 0 Å². The second kappa shape index (κ2) is 11.3. The van der Waals surface area contributed by atoms with Gasteiger partial charge >= 0.3 is 0 Å². The number of hydrogen-bond acceptors (Lipinski definition) is 5. The van der Waals surface area contributed by atoms with E-state index in [4.69, 9.17) is 53.9 Å². The van der Waals surface area contributed by atoms with Gasteiger partial charge in [0.05, 0.1) is 10.7 Å². The van der Waals surface area contributed by atoms with Gasteiger partial charge in [-0.05, 0) is 70.2 Å². The number of halogens is 3. The average Bonchev–Trinajstić information content (AvgIpc) is 2.66. The van der Waals surface area contributed by atoms with Crippen LogP contribution in [-0.4, -0.2) is 24.5 Å². The quantitative estimate of drug-likeness (QED) is 0.282. The third-order valence-corrected chi connectivity index (χ3v) is 3.97. The maximum Gasteiger partial charge on any atom is 0.138 e. The standard InChI is InChI=1S/C22H24Cl3NO4/c1-15(26-30-22(2,3)4)14-28-20-10-9-18(13-19(20)23)29-17-7-5-16(6-8-17)27-12-11-21(24)25/h5-11,13H,12,14H2,1-4H3. The van der Waals surface area contributed by atoms with Crippen molar-refractivity contribution < 1.29 is 19.0 Å². The lowest BCUT2D eigenvalue weighted by Gasteiger charge is -2.16. The maximum absolute atomic E-state index is 6.31. The summed E-state index contributed by atoms with van der Waals surface area (Å²) >= 11 is 17.4. The smallest absolute Gasteiger partial charge is 0.138 e. The highest BCUT2D eigenvalue weighted by atomic mass is 35.5. The van der Waals surface area contributed by atoms with Crippen molar-refractivity contribution in [3.63, 3.8) is 0 Å². The molecule has 2 aromatic carbocycles. The van der Waals surface area contributed by atoms with Gasteiger partial charge < -0.3 is 19.0 Å². The first-order chi connectivity index (χ1) is 14.1. The molecule has 2 aromatic rings. The van der Waals surface area contributed by atoms with E-state index in [2.05, 4.69) is 5.16 Å². The fourth-order valence-electron chi connectivity index (χ4n) is 2.03. The van der Waals surface area contributed by atoms with Crippen LogP contribution in [0.4, 0.5) is 0 Å². The van der Waals surface area contributed by atoms with Crippen LogP contribution in [0.2, 0.25) is 5.02 Å². The van der Waals surface area contributed by atoms with E-state index < -0.39 is 0 Å². The monoisotopic (exact) mass is 471 g/mol. The molecule has 0 fully saturated rings. The molecule has 0 aliphatic rings. The van der Waals surface area contributed by atoms with E-state index >= 15 is 0 Å². The zero-order chi connectivity index (χ0) is 22.1. The van der Waals surface area contributed by atoms with Gasteiger partial charge in [-0.2, -0.15) is 0 Å². The maximum atomic E-state index is 6.31. The van der Waals surface area contributed by atoms with Gasteiger partial charge in [0.15, 0.2) is 0 Å². The van der Waals surface area contributed by atoms with Gasteiger partial charge in [0.2, 0.25) is 0 Å². The van der Waals surface area contributed by atoms with Crippen LogP contribution in [0.5, 0.6) is 23.0 Å². The average molecular weight is 473 g/mol. The molecule has 0 aromatic heterocycles. The van der Waals surface area contributed by atoms with E-state index in [1.165, 1.54) is 0 Å². The lowest BCUT2D eigenvalue weighted by atomic mass is 10.2. The second-order valence-electron chi connectivity index (χ2n) is 7.29. The molecule has 162 valence electrons. The molecule has 0 amide bonds. The van der Waals surface area contributed by atoms with Gasteiger partial charge in [0.1, 0.15) is 46.3 Å². The van der Waals surface area contributed by atoms with Crippen LogP contribution in [0.15, 0.2) is 58.2 Å². The minimum atomic E-state index is -0.350. The van der Waals surface area contributed by atoms with Gasteiger partial charge in [-0.15, -0.1) is 0 Å². The number of nitrogens with zero attached hydrogens (tertiary/aromatic N) is 1. The SMILES string of the molecule is CC(COc1ccc(Oc2ccc(OCC=C(Cl)Cl)cc2)cc1Cl)=NOC(C)(C)C. The second-order valence-corrected chi connectivity index (χ2v) is 8.70. The molecule has 0 atom stereocenters. The van der Waals surface area contributed by atoms with Crippen LogP contribution in [0.3, 0.4) is 0 Å². The van der Waals surface area contributed by atoms with Crippen LogP contribution in [-0.2, 0) is 4.84 Å². The molecule has 0 saturated heterocycles. The molecule has 8 heteroatoms. The number of benzene rings is 2. The van der Waals surface area contributed by atoms with Crippen molar-refractivity contribution in [2.24, 2.45) is 5.16 Å². The summed E-state index contributed by atoms with van der Waals surface area (Å²) in [6, 6.07) is 12.3. The molecule has 0 bridgehead atoms. The van der Waals surface area contributed by atoms with Gasteiger partial charge in [0.25, 0.3) is 0 Å². The first kappa shape index (κ1) is 24.2. The summed E-state index contributed by atoms with van der Waals surface area (Å²) in [4.78, 5) is 5.37. The van der Waals surface area contributed by atoms with Gasteiger partial charge in [-0.3, -0.25) is 0 Å². The molecule has 30 heavy (non-hydrogen) atoms. The van der Waals surface area contributed by atoms with E-state index in [0.717, 1.165) is 0 Å². The molecule has 0 unspecified atom stereocenters. The molecule has 0 N–H and O–H groups in total. The molecule has 0 aliphatic heterocycles. The van der Waals surface area contributed by atoms with Gasteiger partial charge in [-0.25, -0.2) is 0 Å². The van der Waals surface area contributed by atoms with Crippen molar-refractivity contribution in [2.45, 2.75) is 33.3 Å². The summed E-state index contributed by atoms with van der Waals surface area (Å²) in [5.41, 5.74) is 0.351. The van der Waals surface area contributed by atoms with Crippen LogP contribution in [0.1, 0.15) is 27.7 Å². The molecule has 0 spiro atoms. The lowest BCUT2D eigenvalue weighted by molar-refractivity contribution is 0.0000978. The van der Waals surface area contributed by atoms with Crippen LogP contribution >= 0.6 is 34.8 Å². The van der Waals surface area contributed by atoms with Crippen LogP contribution in [0, 0.1) is 0 Å².